The maximum Gasteiger partial charge on any atom is 0.421 e. The Morgan fingerprint density at radius 3 is 2.13 bits per heavy atom. The van der Waals surface area contributed by atoms with Crippen LogP contribution in [0, 0.1) is 6.92 Å². The molecule has 0 saturated carbocycles. The molecule has 1 heterocycles. The van der Waals surface area contributed by atoms with E-state index in [1.165, 1.54) is 0 Å². The fourth-order valence-electron chi connectivity index (χ4n) is 2.69. The minimum absolute atomic E-state index is 0.0500. The Bertz CT molecular complexity index is 1030. The van der Waals surface area contributed by atoms with Gasteiger partial charge in [0.1, 0.15) is 22.7 Å². The average molecular weight is 416 g/mol. The Labute approximate surface area is 173 Å². The van der Waals surface area contributed by atoms with Gasteiger partial charge in [-0.25, -0.2) is 4.98 Å². The van der Waals surface area contributed by atoms with E-state index in [0.29, 0.717) is 17.1 Å². The van der Waals surface area contributed by atoms with Crippen molar-refractivity contribution in [3.8, 4) is 5.75 Å². The van der Waals surface area contributed by atoms with E-state index in [9.17, 15) is 13.2 Å². The summed E-state index contributed by atoms with van der Waals surface area (Å²) in [6, 6.07) is 14.2. The smallest absolute Gasteiger partial charge is 0.421 e. The first-order valence-corrected chi connectivity index (χ1v) is 9.35. The number of hydrogen-bond donors (Lipinski definition) is 2. The summed E-state index contributed by atoms with van der Waals surface area (Å²) in [5, 5.41) is 5.74. The molecule has 2 aromatic carbocycles. The van der Waals surface area contributed by atoms with Crippen LogP contribution in [0.25, 0.3) is 0 Å². The number of aryl methyl sites for hydroxylation is 1. The molecule has 0 amide bonds. The zero-order chi connectivity index (χ0) is 21.9. The molecule has 0 unspecified atom stereocenters. The van der Waals surface area contributed by atoms with Crippen LogP contribution in [0.4, 0.5) is 36.3 Å². The summed E-state index contributed by atoms with van der Waals surface area (Å²) in [6.07, 6.45) is -3.85. The molecule has 0 fully saturated rings. The number of para-hydroxylation sites is 3. The van der Waals surface area contributed by atoms with Crippen LogP contribution in [0.5, 0.6) is 5.75 Å². The van der Waals surface area contributed by atoms with Crippen molar-refractivity contribution in [1.29, 1.82) is 0 Å². The molecule has 0 aliphatic heterocycles. The van der Waals surface area contributed by atoms with Gasteiger partial charge in [0.25, 0.3) is 0 Å². The van der Waals surface area contributed by atoms with E-state index < -0.39 is 17.3 Å². The molecule has 3 rings (SSSR count). The fraction of sp³-hybridized carbons (Fsp3) is 0.273. The highest BCUT2D eigenvalue weighted by atomic mass is 19.4. The van der Waals surface area contributed by atoms with Gasteiger partial charge in [-0.05, 0) is 51.5 Å². The van der Waals surface area contributed by atoms with Crippen LogP contribution in [-0.4, -0.2) is 15.6 Å². The molecule has 8 heteroatoms. The molecule has 0 spiro atoms. The maximum atomic E-state index is 13.6. The first kappa shape index (κ1) is 21.4. The molecule has 30 heavy (non-hydrogen) atoms. The van der Waals surface area contributed by atoms with Gasteiger partial charge >= 0.3 is 6.18 Å². The molecule has 0 aliphatic rings. The van der Waals surface area contributed by atoms with E-state index in [1.807, 2.05) is 45.9 Å². The van der Waals surface area contributed by atoms with Gasteiger partial charge in [0.2, 0.25) is 5.95 Å². The zero-order valence-corrected chi connectivity index (χ0v) is 17.1. The molecule has 1 aromatic heterocycles. The molecule has 5 nitrogen and oxygen atoms in total. The molecular weight excluding hydrogens is 393 g/mol. The lowest BCUT2D eigenvalue weighted by Crippen LogP contribution is -2.23. The quantitative estimate of drug-likeness (QED) is 0.499. The molecule has 0 aliphatic carbocycles. The summed E-state index contributed by atoms with van der Waals surface area (Å²) in [6.45, 7) is 7.46. The Balaban J connectivity index is 1.99. The number of anilines is 4. The van der Waals surface area contributed by atoms with Gasteiger partial charge < -0.3 is 15.4 Å². The number of halogens is 3. The monoisotopic (exact) mass is 416 g/mol. The third-order valence-electron chi connectivity index (χ3n) is 4.04. The van der Waals surface area contributed by atoms with Gasteiger partial charge in [-0.2, -0.15) is 18.2 Å². The summed E-state index contributed by atoms with van der Waals surface area (Å²) in [5.41, 5.74) is 0.509. The van der Waals surface area contributed by atoms with Crippen molar-refractivity contribution in [3.05, 3.63) is 65.9 Å². The third-order valence-corrected chi connectivity index (χ3v) is 4.04. The molecular formula is C22H23F3N4O. The fourth-order valence-corrected chi connectivity index (χ4v) is 2.69. The molecule has 0 atom stereocenters. The van der Waals surface area contributed by atoms with E-state index in [-0.39, 0.29) is 11.8 Å². The third kappa shape index (κ3) is 5.40. The van der Waals surface area contributed by atoms with Gasteiger partial charge in [0.05, 0.1) is 5.69 Å². The zero-order valence-electron chi connectivity index (χ0n) is 17.1. The number of benzene rings is 2. The number of hydrogen-bond acceptors (Lipinski definition) is 5. The summed E-state index contributed by atoms with van der Waals surface area (Å²) in [5.74, 6) is 0.109. The van der Waals surface area contributed by atoms with Gasteiger partial charge in [0.15, 0.2) is 0 Å². The van der Waals surface area contributed by atoms with Gasteiger partial charge in [-0.1, -0.05) is 30.3 Å². The Morgan fingerprint density at radius 2 is 1.50 bits per heavy atom. The predicted octanol–water partition coefficient (Wildman–Crippen LogP) is 6.47. The average Bonchev–Trinajstić information content (AvgIpc) is 2.63. The van der Waals surface area contributed by atoms with Crippen molar-refractivity contribution in [3.63, 3.8) is 0 Å². The molecule has 0 radical (unpaired) electrons. The van der Waals surface area contributed by atoms with Crippen LogP contribution in [0.2, 0.25) is 0 Å². The molecule has 0 bridgehead atoms. The summed E-state index contributed by atoms with van der Waals surface area (Å²) in [7, 11) is 0. The summed E-state index contributed by atoms with van der Waals surface area (Å²) in [4.78, 5) is 7.95. The van der Waals surface area contributed by atoms with E-state index in [2.05, 4.69) is 20.6 Å². The largest absolute Gasteiger partial charge is 0.486 e. The Morgan fingerprint density at radius 1 is 0.867 bits per heavy atom. The number of alkyl halides is 3. The topological polar surface area (TPSA) is 59.1 Å². The van der Waals surface area contributed by atoms with Crippen LogP contribution in [0.15, 0.2) is 54.7 Å². The minimum atomic E-state index is -4.62. The number of aromatic nitrogens is 2. The van der Waals surface area contributed by atoms with Crippen LogP contribution < -0.4 is 15.4 Å². The highest BCUT2D eigenvalue weighted by molar-refractivity contribution is 5.68. The van der Waals surface area contributed by atoms with E-state index >= 15 is 0 Å². The van der Waals surface area contributed by atoms with Crippen molar-refractivity contribution >= 4 is 23.1 Å². The number of ether oxygens (including phenoxy) is 1. The second-order valence-electron chi connectivity index (χ2n) is 7.73. The van der Waals surface area contributed by atoms with Crippen LogP contribution in [0.1, 0.15) is 31.9 Å². The van der Waals surface area contributed by atoms with Crippen molar-refractivity contribution < 1.29 is 17.9 Å². The molecule has 3 aromatic rings. The van der Waals surface area contributed by atoms with E-state index in [0.717, 1.165) is 11.8 Å². The standard InChI is InChI=1S/C22H23F3N4O/c1-14-9-5-6-10-16(14)28-20-26-13-15(22(23,24)25)19(29-20)27-17-11-7-8-12-18(17)30-21(2,3)4/h5-13H,1-4H3,(H2,26,27,28,29). The lowest BCUT2D eigenvalue weighted by Gasteiger charge is -2.24. The summed E-state index contributed by atoms with van der Waals surface area (Å²) < 4.78 is 46.6. The van der Waals surface area contributed by atoms with E-state index in [4.69, 9.17) is 4.74 Å². The van der Waals surface area contributed by atoms with Gasteiger partial charge in [-0.15, -0.1) is 0 Å². The molecule has 2 N–H and O–H groups in total. The van der Waals surface area contributed by atoms with Crippen molar-refractivity contribution in [2.45, 2.75) is 39.5 Å². The van der Waals surface area contributed by atoms with Crippen molar-refractivity contribution in [2.75, 3.05) is 10.6 Å². The highest BCUT2D eigenvalue weighted by Crippen LogP contribution is 2.37. The van der Waals surface area contributed by atoms with Crippen molar-refractivity contribution in [2.24, 2.45) is 0 Å². The first-order valence-electron chi connectivity index (χ1n) is 9.35. The lowest BCUT2D eigenvalue weighted by atomic mass is 10.2. The first-order chi connectivity index (χ1) is 14.0. The van der Waals surface area contributed by atoms with Crippen molar-refractivity contribution in [1.82, 2.24) is 9.97 Å². The minimum Gasteiger partial charge on any atom is -0.486 e. The second-order valence-corrected chi connectivity index (χ2v) is 7.73. The highest BCUT2D eigenvalue weighted by Gasteiger charge is 2.35. The Kier molecular flexibility index (Phi) is 5.87. The summed E-state index contributed by atoms with van der Waals surface area (Å²) >= 11 is 0. The Hall–Kier alpha value is -3.29. The number of nitrogens with zero attached hydrogens (tertiary/aromatic N) is 2. The predicted molar refractivity (Wildman–Crippen MR) is 112 cm³/mol. The van der Waals surface area contributed by atoms with Crippen LogP contribution in [0.3, 0.4) is 0 Å². The lowest BCUT2D eigenvalue weighted by molar-refractivity contribution is -0.137. The van der Waals surface area contributed by atoms with Gasteiger partial charge in [-0.3, -0.25) is 0 Å². The maximum absolute atomic E-state index is 13.6. The SMILES string of the molecule is Cc1ccccc1Nc1ncc(C(F)(F)F)c(Nc2ccccc2OC(C)(C)C)n1. The molecule has 158 valence electrons. The molecule has 0 saturated heterocycles. The van der Waals surface area contributed by atoms with E-state index in [1.54, 1.807) is 30.3 Å². The van der Waals surface area contributed by atoms with Crippen LogP contribution >= 0.6 is 0 Å². The number of nitrogens with one attached hydrogen (secondary N) is 2. The normalized spacial score (nSPS) is 11.8. The number of rotatable bonds is 5. The van der Waals surface area contributed by atoms with Gasteiger partial charge in [0, 0.05) is 11.9 Å². The van der Waals surface area contributed by atoms with Crippen LogP contribution in [-0.2, 0) is 6.18 Å². The second kappa shape index (κ2) is 8.22.